The lowest BCUT2D eigenvalue weighted by Crippen LogP contribution is -2.36. The Bertz CT molecular complexity index is 766. The molecule has 26 heavy (non-hydrogen) atoms. The monoisotopic (exact) mass is 379 g/mol. The fourth-order valence-electron chi connectivity index (χ4n) is 2.43. The van der Waals surface area contributed by atoms with Crippen molar-refractivity contribution in [3.8, 4) is 23.0 Å². The van der Waals surface area contributed by atoms with Gasteiger partial charge >= 0.3 is 0 Å². The van der Waals surface area contributed by atoms with Gasteiger partial charge in [0.15, 0.2) is 17.6 Å². The van der Waals surface area contributed by atoms with Crippen LogP contribution in [0.15, 0.2) is 36.4 Å². The highest BCUT2D eigenvalue weighted by atomic mass is 35.5. The molecule has 0 bridgehead atoms. The van der Waals surface area contributed by atoms with E-state index in [2.05, 4.69) is 5.32 Å². The van der Waals surface area contributed by atoms with Crippen LogP contribution in [0.3, 0.4) is 0 Å². The summed E-state index contributed by atoms with van der Waals surface area (Å²) in [5.41, 5.74) is 0.758. The first-order valence-corrected chi connectivity index (χ1v) is 8.35. The summed E-state index contributed by atoms with van der Waals surface area (Å²) in [5, 5.41) is 3.37. The third kappa shape index (κ3) is 4.73. The SMILES string of the molecule is COc1ccc(CNC(=O)[C@H](C)Oc2cccc(Cl)c2)c(OC)c1OC. The van der Waals surface area contributed by atoms with Gasteiger partial charge in [-0.15, -0.1) is 0 Å². The molecule has 0 aliphatic rings. The Hall–Kier alpha value is -2.60. The topological polar surface area (TPSA) is 66.0 Å². The van der Waals surface area contributed by atoms with Crippen molar-refractivity contribution in [1.82, 2.24) is 5.32 Å². The molecule has 0 aromatic heterocycles. The van der Waals surface area contributed by atoms with Crippen LogP contribution in [0.5, 0.6) is 23.0 Å². The van der Waals surface area contributed by atoms with Gasteiger partial charge in [-0.1, -0.05) is 17.7 Å². The maximum absolute atomic E-state index is 12.3. The summed E-state index contributed by atoms with van der Waals surface area (Å²) in [6.45, 7) is 1.92. The molecule has 0 fully saturated rings. The predicted molar refractivity (Wildman–Crippen MR) is 99.5 cm³/mol. The van der Waals surface area contributed by atoms with Crippen LogP contribution in [0.25, 0.3) is 0 Å². The number of hydrogen-bond acceptors (Lipinski definition) is 5. The number of amides is 1. The van der Waals surface area contributed by atoms with Gasteiger partial charge in [-0.05, 0) is 37.3 Å². The van der Waals surface area contributed by atoms with E-state index in [-0.39, 0.29) is 12.5 Å². The molecule has 6 nitrogen and oxygen atoms in total. The summed E-state index contributed by atoms with van der Waals surface area (Å²) >= 11 is 5.92. The first kappa shape index (κ1) is 19.7. The summed E-state index contributed by atoms with van der Waals surface area (Å²) in [6, 6.07) is 10.5. The molecular weight excluding hydrogens is 358 g/mol. The Morgan fingerprint density at radius 3 is 2.42 bits per heavy atom. The first-order chi connectivity index (χ1) is 12.5. The predicted octanol–water partition coefficient (Wildman–Crippen LogP) is 3.45. The molecule has 1 amide bonds. The van der Waals surface area contributed by atoms with Gasteiger partial charge in [0.2, 0.25) is 5.75 Å². The largest absolute Gasteiger partial charge is 0.493 e. The Morgan fingerprint density at radius 1 is 1.08 bits per heavy atom. The van der Waals surface area contributed by atoms with E-state index in [1.807, 2.05) is 6.07 Å². The standard InChI is InChI=1S/C19H22ClNO5/c1-12(26-15-7-5-6-14(20)10-15)19(22)21-11-13-8-9-16(23-2)18(25-4)17(13)24-3/h5-10,12H,11H2,1-4H3,(H,21,22)/t12-/m0/s1. The van der Waals surface area contributed by atoms with Gasteiger partial charge in [-0.3, -0.25) is 4.79 Å². The minimum atomic E-state index is -0.681. The molecule has 0 unspecified atom stereocenters. The molecular formula is C19H22ClNO5. The van der Waals surface area contributed by atoms with Crippen molar-refractivity contribution in [2.75, 3.05) is 21.3 Å². The van der Waals surface area contributed by atoms with E-state index < -0.39 is 6.10 Å². The molecule has 0 saturated heterocycles. The number of halogens is 1. The maximum atomic E-state index is 12.3. The number of nitrogens with one attached hydrogen (secondary N) is 1. The van der Waals surface area contributed by atoms with Gasteiger partial charge in [-0.2, -0.15) is 0 Å². The molecule has 0 saturated carbocycles. The lowest BCUT2D eigenvalue weighted by Gasteiger charge is -2.18. The van der Waals surface area contributed by atoms with Crippen LogP contribution in [-0.4, -0.2) is 33.3 Å². The van der Waals surface area contributed by atoms with E-state index in [1.165, 1.54) is 14.2 Å². The molecule has 1 atom stereocenters. The number of benzene rings is 2. The second-order valence-electron chi connectivity index (χ2n) is 5.43. The van der Waals surface area contributed by atoms with Crippen molar-refractivity contribution in [3.05, 3.63) is 47.0 Å². The summed E-state index contributed by atoms with van der Waals surface area (Å²) in [7, 11) is 4.62. The third-order valence-electron chi connectivity index (χ3n) is 3.72. The molecule has 2 rings (SSSR count). The van der Waals surface area contributed by atoms with Gasteiger partial charge in [0.05, 0.1) is 21.3 Å². The maximum Gasteiger partial charge on any atom is 0.261 e. The Kier molecular flexibility index (Phi) is 6.97. The second kappa shape index (κ2) is 9.20. The molecule has 2 aromatic carbocycles. The van der Waals surface area contributed by atoms with Crippen molar-refractivity contribution in [2.24, 2.45) is 0 Å². The van der Waals surface area contributed by atoms with Crippen LogP contribution < -0.4 is 24.3 Å². The normalized spacial score (nSPS) is 11.4. The quantitative estimate of drug-likeness (QED) is 0.761. The molecule has 2 aromatic rings. The van der Waals surface area contributed by atoms with E-state index in [0.717, 1.165) is 5.56 Å². The van der Waals surface area contributed by atoms with Gasteiger partial charge in [-0.25, -0.2) is 0 Å². The Labute approximate surface area is 158 Å². The zero-order valence-electron chi connectivity index (χ0n) is 15.2. The zero-order valence-corrected chi connectivity index (χ0v) is 15.9. The highest BCUT2D eigenvalue weighted by molar-refractivity contribution is 6.30. The minimum absolute atomic E-state index is 0.256. The third-order valence-corrected chi connectivity index (χ3v) is 3.95. The lowest BCUT2D eigenvalue weighted by atomic mass is 10.1. The molecule has 0 spiro atoms. The smallest absolute Gasteiger partial charge is 0.261 e. The molecule has 7 heteroatoms. The Balaban J connectivity index is 2.04. The van der Waals surface area contributed by atoms with Crippen LogP contribution in [0, 0.1) is 0 Å². The number of rotatable bonds is 8. The van der Waals surface area contributed by atoms with Crippen molar-refractivity contribution < 1.29 is 23.7 Å². The van der Waals surface area contributed by atoms with Crippen LogP contribution in [0.2, 0.25) is 5.02 Å². The number of carbonyl (C=O) groups excluding carboxylic acids is 1. The molecule has 0 aliphatic carbocycles. The van der Waals surface area contributed by atoms with Crippen LogP contribution >= 0.6 is 11.6 Å². The van der Waals surface area contributed by atoms with Crippen molar-refractivity contribution in [1.29, 1.82) is 0 Å². The molecule has 0 aliphatic heterocycles. The van der Waals surface area contributed by atoms with E-state index in [9.17, 15) is 4.79 Å². The van der Waals surface area contributed by atoms with Gasteiger partial charge < -0.3 is 24.3 Å². The number of ether oxygens (including phenoxy) is 4. The van der Waals surface area contributed by atoms with Crippen molar-refractivity contribution >= 4 is 17.5 Å². The minimum Gasteiger partial charge on any atom is -0.493 e. The van der Waals surface area contributed by atoms with Crippen LogP contribution in [0.1, 0.15) is 12.5 Å². The fourth-order valence-corrected chi connectivity index (χ4v) is 2.61. The average molecular weight is 380 g/mol. The molecule has 1 N–H and O–H groups in total. The van der Waals surface area contributed by atoms with Crippen molar-refractivity contribution in [2.45, 2.75) is 19.6 Å². The highest BCUT2D eigenvalue weighted by Gasteiger charge is 2.18. The second-order valence-corrected chi connectivity index (χ2v) is 5.87. The zero-order chi connectivity index (χ0) is 19.1. The van der Waals surface area contributed by atoms with Gasteiger partial charge in [0, 0.05) is 17.1 Å². The van der Waals surface area contributed by atoms with E-state index in [4.69, 9.17) is 30.5 Å². The molecule has 0 heterocycles. The number of methoxy groups -OCH3 is 3. The average Bonchev–Trinajstić information content (AvgIpc) is 2.64. The van der Waals surface area contributed by atoms with Crippen molar-refractivity contribution in [3.63, 3.8) is 0 Å². The lowest BCUT2D eigenvalue weighted by molar-refractivity contribution is -0.127. The first-order valence-electron chi connectivity index (χ1n) is 7.98. The van der Waals surface area contributed by atoms with E-state index >= 15 is 0 Å². The molecule has 0 radical (unpaired) electrons. The summed E-state index contributed by atoms with van der Waals surface area (Å²) in [5.74, 6) is 1.81. The van der Waals surface area contributed by atoms with Gasteiger partial charge in [0.1, 0.15) is 5.75 Å². The number of carbonyl (C=O) groups is 1. The number of hydrogen-bond donors (Lipinski definition) is 1. The van der Waals surface area contributed by atoms with Crippen LogP contribution in [0.4, 0.5) is 0 Å². The molecule has 140 valence electrons. The summed E-state index contributed by atoms with van der Waals surface area (Å²) < 4.78 is 21.6. The highest BCUT2D eigenvalue weighted by Crippen LogP contribution is 2.39. The summed E-state index contributed by atoms with van der Waals surface area (Å²) in [4.78, 5) is 12.3. The van der Waals surface area contributed by atoms with E-state index in [1.54, 1.807) is 44.4 Å². The van der Waals surface area contributed by atoms with E-state index in [0.29, 0.717) is 28.0 Å². The van der Waals surface area contributed by atoms with Crippen LogP contribution in [-0.2, 0) is 11.3 Å². The Morgan fingerprint density at radius 2 is 1.81 bits per heavy atom. The fraction of sp³-hybridized carbons (Fsp3) is 0.316. The van der Waals surface area contributed by atoms with Gasteiger partial charge in [0.25, 0.3) is 5.91 Å². The summed E-state index contributed by atoms with van der Waals surface area (Å²) in [6.07, 6.45) is -0.681.